The van der Waals surface area contributed by atoms with Gasteiger partial charge in [0.05, 0.1) is 4.92 Å². The minimum Gasteiger partial charge on any atom is -0.480 e. The maximum absolute atomic E-state index is 10.9. The van der Waals surface area contributed by atoms with Crippen LogP contribution >= 0.6 is 12.4 Å². The van der Waals surface area contributed by atoms with Crippen LogP contribution in [0.15, 0.2) is 12.1 Å². The van der Waals surface area contributed by atoms with E-state index in [0.29, 0.717) is 5.56 Å². The molecule has 1 rings (SSSR count). The Labute approximate surface area is 116 Å². The molecule has 8 heteroatoms. The van der Waals surface area contributed by atoms with Crippen molar-refractivity contribution in [1.29, 1.82) is 0 Å². The third-order valence-electron chi connectivity index (χ3n) is 2.78. The Hall–Kier alpha value is -1.70. The zero-order chi connectivity index (χ0) is 13.2. The van der Waals surface area contributed by atoms with E-state index in [9.17, 15) is 14.9 Å². The molecule has 19 heavy (non-hydrogen) atoms. The van der Waals surface area contributed by atoms with Crippen LogP contribution in [0.5, 0.6) is 0 Å². The molecule has 1 atom stereocenters. The third kappa shape index (κ3) is 4.47. The van der Waals surface area contributed by atoms with E-state index in [-0.39, 0.29) is 30.0 Å². The fourth-order valence-electron chi connectivity index (χ4n) is 1.60. The van der Waals surface area contributed by atoms with Crippen LogP contribution in [0.3, 0.4) is 0 Å². The summed E-state index contributed by atoms with van der Waals surface area (Å²) >= 11 is 0. The predicted octanol–water partition coefficient (Wildman–Crippen LogP) is 0.763. The minimum absolute atomic E-state index is 0. The molecule has 0 fully saturated rings. The molecule has 7 nitrogen and oxygen atoms in total. The van der Waals surface area contributed by atoms with Crippen LogP contribution in [0, 0.1) is 24.0 Å². The van der Waals surface area contributed by atoms with E-state index in [0.717, 1.165) is 11.1 Å². The first-order chi connectivity index (χ1) is 7.84. The number of hydrogen-bond acceptors (Lipinski definition) is 4. The van der Waals surface area contributed by atoms with E-state index in [2.05, 4.69) is 0 Å². The van der Waals surface area contributed by atoms with Crippen LogP contribution in [0.1, 0.15) is 16.7 Å². The maximum atomic E-state index is 10.9. The van der Waals surface area contributed by atoms with Gasteiger partial charge in [0.15, 0.2) is 0 Å². The fraction of sp³-hybridized carbons (Fsp3) is 0.364. The topological polar surface area (TPSA) is 138 Å². The summed E-state index contributed by atoms with van der Waals surface area (Å²) < 4.78 is 0. The second-order valence-electron chi connectivity index (χ2n) is 3.91. The quantitative estimate of drug-likeness (QED) is 0.623. The van der Waals surface area contributed by atoms with Gasteiger partial charge in [-0.05, 0) is 25.0 Å². The number of carboxylic acids is 1. The highest BCUT2D eigenvalue weighted by Crippen LogP contribution is 2.25. The molecule has 0 saturated carbocycles. The summed E-state index contributed by atoms with van der Waals surface area (Å²) in [6.07, 6.45) is -0.0425. The number of aryl methyl sites for hydroxylation is 1. The lowest BCUT2D eigenvalue weighted by molar-refractivity contribution is -0.385. The van der Waals surface area contributed by atoms with Crippen molar-refractivity contribution in [2.75, 3.05) is 0 Å². The molecule has 0 aromatic heterocycles. The van der Waals surface area contributed by atoms with Crippen molar-refractivity contribution in [3.63, 3.8) is 0 Å². The van der Waals surface area contributed by atoms with Crippen molar-refractivity contribution in [3.8, 4) is 0 Å². The van der Waals surface area contributed by atoms with Crippen molar-refractivity contribution in [1.82, 2.24) is 0 Å². The van der Waals surface area contributed by atoms with Crippen molar-refractivity contribution < 1.29 is 20.3 Å². The van der Waals surface area contributed by atoms with Gasteiger partial charge < -0.3 is 16.3 Å². The van der Waals surface area contributed by atoms with E-state index in [1.54, 1.807) is 13.0 Å². The van der Waals surface area contributed by atoms with E-state index >= 15 is 0 Å². The Morgan fingerprint density at radius 2 is 2.00 bits per heavy atom. The number of nitro benzene ring substituents is 1. The fourth-order valence-corrected chi connectivity index (χ4v) is 1.60. The van der Waals surface area contributed by atoms with Gasteiger partial charge in [-0.15, -0.1) is 12.4 Å². The number of carbonyl (C=O) groups is 1. The zero-order valence-electron chi connectivity index (χ0n) is 10.5. The molecular weight excluding hydrogens is 276 g/mol. The summed E-state index contributed by atoms with van der Waals surface area (Å²) in [7, 11) is 0. The number of benzene rings is 1. The molecule has 5 N–H and O–H groups in total. The van der Waals surface area contributed by atoms with Gasteiger partial charge in [-0.1, -0.05) is 6.07 Å². The summed E-state index contributed by atoms with van der Waals surface area (Å²) in [6, 6.07) is 1.89. The normalized spacial score (nSPS) is 10.9. The monoisotopic (exact) mass is 292 g/mol. The molecule has 0 spiro atoms. The predicted molar refractivity (Wildman–Crippen MR) is 72.7 cm³/mol. The first-order valence-electron chi connectivity index (χ1n) is 5.06. The Balaban J connectivity index is 0. The molecule has 0 aliphatic heterocycles. The number of carboxylic acid groups (broad SMARTS) is 1. The molecule has 0 aliphatic carbocycles. The number of nitro groups is 1. The Morgan fingerprint density at radius 3 is 2.42 bits per heavy atom. The Morgan fingerprint density at radius 1 is 1.47 bits per heavy atom. The lowest BCUT2D eigenvalue weighted by Crippen LogP contribution is -2.32. The standard InChI is InChI=1S/C11H14N2O4.ClH.H2O/c1-6-3-4-10(13(16)17)8(7(6)2)5-9(12)11(14)15;;/h3-4,9H,5,12H2,1-2H3,(H,14,15);1H;1H2/t9-;;/m0../s1. The summed E-state index contributed by atoms with van der Waals surface area (Å²) in [6.45, 7) is 3.54. The molecule has 108 valence electrons. The number of rotatable bonds is 4. The van der Waals surface area contributed by atoms with Gasteiger partial charge in [0.2, 0.25) is 0 Å². The molecule has 0 aliphatic rings. The van der Waals surface area contributed by atoms with Crippen LogP contribution in [-0.2, 0) is 11.2 Å². The summed E-state index contributed by atoms with van der Waals surface area (Å²) in [5.41, 5.74) is 7.33. The van der Waals surface area contributed by atoms with Gasteiger partial charge in [0.25, 0.3) is 5.69 Å². The van der Waals surface area contributed by atoms with Crippen LogP contribution in [-0.4, -0.2) is 27.5 Å². The van der Waals surface area contributed by atoms with E-state index < -0.39 is 16.9 Å². The first kappa shape index (κ1) is 19.6. The highest BCUT2D eigenvalue weighted by molar-refractivity contribution is 5.85. The van der Waals surface area contributed by atoms with Gasteiger partial charge in [-0.25, -0.2) is 0 Å². The van der Waals surface area contributed by atoms with Crippen LogP contribution < -0.4 is 5.73 Å². The lowest BCUT2D eigenvalue weighted by Gasteiger charge is -2.11. The molecule has 0 bridgehead atoms. The smallest absolute Gasteiger partial charge is 0.320 e. The molecule has 0 heterocycles. The molecule has 0 unspecified atom stereocenters. The molecule has 0 amide bonds. The molecule has 0 radical (unpaired) electrons. The highest BCUT2D eigenvalue weighted by atomic mass is 35.5. The average Bonchev–Trinajstić information content (AvgIpc) is 2.24. The summed E-state index contributed by atoms with van der Waals surface area (Å²) in [5.74, 6) is -1.17. The molecular formula is C11H17ClN2O5. The summed E-state index contributed by atoms with van der Waals surface area (Å²) in [4.78, 5) is 21.0. The van der Waals surface area contributed by atoms with Gasteiger partial charge >= 0.3 is 5.97 Å². The van der Waals surface area contributed by atoms with Gasteiger partial charge in [0, 0.05) is 18.1 Å². The van der Waals surface area contributed by atoms with Crippen LogP contribution in [0.2, 0.25) is 0 Å². The zero-order valence-corrected chi connectivity index (χ0v) is 11.4. The number of nitrogens with zero attached hydrogens (tertiary/aromatic N) is 1. The van der Waals surface area contributed by atoms with Gasteiger partial charge in [-0.2, -0.15) is 0 Å². The summed E-state index contributed by atoms with van der Waals surface area (Å²) in [5, 5.41) is 19.6. The van der Waals surface area contributed by atoms with Crippen molar-refractivity contribution in [3.05, 3.63) is 38.9 Å². The van der Waals surface area contributed by atoms with Crippen molar-refractivity contribution in [2.45, 2.75) is 26.3 Å². The number of hydrogen-bond donors (Lipinski definition) is 2. The second kappa shape index (κ2) is 7.67. The number of halogens is 1. The second-order valence-corrected chi connectivity index (χ2v) is 3.91. The van der Waals surface area contributed by atoms with Crippen LogP contribution in [0.4, 0.5) is 5.69 Å². The van der Waals surface area contributed by atoms with E-state index in [1.165, 1.54) is 6.07 Å². The molecule has 1 aromatic carbocycles. The first-order valence-corrected chi connectivity index (χ1v) is 5.06. The largest absolute Gasteiger partial charge is 0.480 e. The lowest BCUT2D eigenvalue weighted by atomic mass is 9.96. The van der Waals surface area contributed by atoms with E-state index in [1.807, 2.05) is 6.92 Å². The number of nitrogens with two attached hydrogens (primary N) is 1. The Bertz CT molecular complexity index is 478. The SMILES string of the molecule is Cc1ccc([N+](=O)[O-])c(C[C@H](N)C(=O)O)c1C.Cl.O. The average molecular weight is 293 g/mol. The minimum atomic E-state index is -1.17. The van der Waals surface area contributed by atoms with Crippen molar-refractivity contribution >= 4 is 24.1 Å². The van der Waals surface area contributed by atoms with Gasteiger partial charge in [0.1, 0.15) is 6.04 Å². The van der Waals surface area contributed by atoms with Crippen LogP contribution in [0.25, 0.3) is 0 Å². The highest BCUT2D eigenvalue weighted by Gasteiger charge is 2.22. The molecule has 1 aromatic rings. The van der Waals surface area contributed by atoms with Gasteiger partial charge in [-0.3, -0.25) is 14.9 Å². The van der Waals surface area contributed by atoms with Crippen molar-refractivity contribution in [2.24, 2.45) is 5.73 Å². The Kier molecular flexibility index (Phi) is 7.93. The van der Waals surface area contributed by atoms with E-state index in [4.69, 9.17) is 10.8 Å². The maximum Gasteiger partial charge on any atom is 0.320 e. The molecule has 0 saturated heterocycles. The third-order valence-corrected chi connectivity index (χ3v) is 2.78. The number of aliphatic carboxylic acids is 1.